The van der Waals surface area contributed by atoms with Gasteiger partial charge in [0.25, 0.3) is 0 Å². The molecule has 0 spiro atoms. The molecule has 1 fully saturated rings. The number of aromatic nitrogens is 1. The number of alkyl halides is 3. The second-order valence-corrected chi connectivity index (χ2v) is 5.13. The molecule has 0 bridgehead atoms. The molecule has 0 saturated carbocycles. The van der Waals surface area contributed by atoms with Crippen LogP contribution < -0.4 is 5.32 Å². The zero-order chi connectivity index (χ0) is 13.6. The van der Waals surface area contributed by atoms with E-state index in [2.05, 4.69) is 10.3 Å². The van der Waals surface area contributed by atoms with E-state index in [1.54, 1.807) is 0 Å². The first-order valence-corrected chi connectivity index (χ1v) is 6.32. The molecule has 0 unspecified atom stereocenters. The third kappa shape index (κ3) is 2.26. The number of piperidine rings is 1. The van der Waals surface area contributed by atoms with Crippen molar-refractivity contribution >= 4 is 17.1 Å². The van der Waals surface area contributed by atoms with Gasteiger partial charge in [0.2, 0.25) is 0 Å². The maximum Gasteiger partial charge on any atom is 0.433 e. The van der Waals surface area contributed by atoms with Gasteiger partial charge < -0.3 is 10.1 Å². The van der Waals surface area contributed by atoms with E-state index in [0.29, 0.717) is 12.2 Å². The van der Waals surface area contributed by atoms with Crippen LogP contribution in [0.4, 0.5) is 13.2 Å². The van der Waals surface area contributed by atoms with E-state index in [4.69, 9.17) is 17.0 Å². The van der Waals surface area contributed by atoms with Crippen LogP contribution in [0.1, 0.15) is 29.4 Å². The lowest BCUT2D eigenvalue weighted by atomic mass is 9.91. The minimum atomic E-state index is -4.43. The van der Waals surface area contributed by atoms with Crippen molar-refractivity contribution in [1.29, 1.82) is 0 Å². The highest BCUT2D eigenvalue weighted by Gasteiger charge is 2.38. The molecule has 0 aliphatic carbocycles. The maximum absolute atomic E-state index is 12.6. The predicted octanol–water partition coefficient (Wildman–Crippen LogP) is 2.40. The van der Waals surface area contributed by atoms with Crippen molar-refractivity contribution in [2.24, 2.45) is 0 Å². The number of hydrogen-bond acceptors (Lipinski definition) is 4. The molecule has 3 nitrogen and oxygen atoms in total. The van der Waals surface area contributed by atoms with Gasteiger partial charge in [-0.05, 0) is 18.1 Å². The molecule has 7 heteroatoms. The van der Waals surface area contributed by atoms with Crippen LogP contribution in [0, 0.1) is 0 Å². The number of thiocarbonyl (C=S) groups is 1. The molecule has 3 rings (SSSR count). The quantitative estimate of drug-likeness (QED) is 0.743. The van der Waals surface area contributed by atoms with Crippen molar-refractivity contribution in [2.75, 3.05) is 6.54 Å². The Morgan fingerprint density at radius 2 is 2.16 bits per heavy atom. The van der Waals surface area contributed by atoms with Gasteiger partial charge in [0.15, 0.2) is 0 Å². The van der Waals surface area contributed by atoms with E-state index < -0.39 is 11.9 Å². The molecule has 102 valence electrons. The molecule has 0 radical (unpaired) electrons. The molecule has 1 aromatic rings. The van der Waals surface area contributed by atoms with Gasteiger partial charge >= 0.3 is 6.18 Å². The summed E-state index contributed by atoms with van der Waals surface area (Å²) in [6.07, 6.45) is -3.92. The zero-order valence-corrected chi connectivity index (χ0v) is 10.6. The van der Waals surface area contributed by atoms with Crippen LogP contribution in [0.5, 0.6) is 0 Å². The summed E-state index contributed by atoms with van der Waals surface area (Å²) in [5, 5.41) is 3.23. The van der Waals surface area contributed by atoms with Crippen LogP contribution in [0.25, 0.3) is 0 Å². The number of hydrogen-bond donors (Lipinski definition) is 1. The van der Waals surface area contributed by atoms with Crippen LogP contribution in [0.2, 0.25) is 0 Å². The third-order valence-electron chi connectivity index (χ3n) is 3.39. The van der Waals surface area contributed by atoms with Gasteiger partial charge in [0.1, 0.15) is 11.8 Å². The van der Waals surface area contributed by atoms with Gasteiger partial charge in [-0.3, -0.25) is 0 Å². The van der Waals surface area contributed by atoms with E-state index in [-0.39, 0.29) is 18.8 Å². The first kappa shape index (κ1) is 13.0. The summed E-state index contributed by atoms with van der Waals surface area (Å²) in [5.74, 6) is 0. The second-order valence-electron chi connectivity index (χ2n) is 4.61. The predicted molar refractivity (Wildman–Crippen MR) is 65.8 cm³/mol. The van der Waals surface area contributed by atoms with E-state index in [0.717, 1.165) is 22.9 Å². The number of nitrogens with one attached hydrogen (secondary N) is 1. The van der Waals surface area contributed by atoms with Gasteiger partial charge in [0.05, 0.1) is 18.3 Å². The van der Waals surface area contributed by atoms with Crippen LogP contribution in [-0.2, 0) is 17.5 Å². The molecule has 19 heavy (non-hydrogen) atoms. The van der Waals surface area contributed by atoms with Gasteiger partial charge in [-0.15, -0.1) is 0 Å². The topological polar surface area (TPSA) is 34.1 Å². The van der Waals surface area contributed by atoms with Gasteiger partial charge in [-0.25, -0.2) is 4.98 Å². The summed E-state index contributed by atoms with van der Waals surface area (Å²) in [6, 6.07) is 2.31. The number of ether oxygens (including phenoxy) is 1. The Bertz CT molecular complexity index is 532. The fourth-order valence-corrected chi connectivity index (χ4v) is 2.79. The van der Waals surface area contributed by atoms with Gasteiger partial charge in [-0.1, -0.05) is 18.3 Å². The lowest BCUT2D eigenvalue weighted by Crippen LogP contribution is -2.47. The molecule has 0 aromatic carbocycles. The van der Waals surface area contributed by atoms with Gasteiger partial charge in [-0.2, -0.15) is 13.2 Å². The number of pyridine rings is 1. The van der Waals surface area contributed by atoms with Crippen molar-refractivity contribution < 1.29 is 17.9 Å². The summed E-state index contributed by atoms with van der Waals surface area (Å²) in [6.45, 7) is 0.784. The fourth-order valence-electron chi connectivity index (χ4n) is 2.49. The van der Waals surface area contributed by atoms with Crippen LogP contribution in [0.15, 0.2) is 12.1 Å². The standard InChI is InChI=1S/C12H11F3N2OS/c13-12(14,15)9-2-1-6-7(17-9)5-18-11-8(19)3-4-16-10(6)11/h1-2,10-11,16H,3-5H2/t10-,11-/m0/s1. The van der Waals surface area contributed by atoms with Crippen LogP contribution >= 0.6 is 12.2 Å². The van der Waals surface area contributed by atoms with E-state index in [1.807, 2.05) is 0 Å². The average Bonchev–Trinajstić information content (AvgIpc) is 2.37. The second kappa shape index (κ2) is 4.50. The molecule has 1 saturated heterocycles. The Hall–Kier alpha value is -1.05. The minimum absolute atomic E-state index is 0.0717. The molecule has 3 heterocycles. The summed E-state index contributed by atoms with van der Waals surface area (Å²) in [4.78, 5) is 4.48. The lowest BCUT2D eigenvalue weighted by molar-refractivity contribution is -0.141. The van der Waals surface area contributed by atoms with Crippen molar-refractivity contribution in [3.05, 3.63) is 29.1 Å². The van der Waals surface area contributed by atoms with E-state index >= 15 is 0 Å². The zero-order valence-electron chi connectivity index (χ0n) is 9.83. The summed E-state index contributed by atoms with van der Waals surface area (Å²) in [5.41, 5.74) is 0.214. The highest BCUT2D eigenvalue weighted by atomic mass is 32.1. The van der Waals surface area contributed by atoms with E-state index in [1.165, 1.54) is 6.07 Å². The smallest absolute Gasteiger partial charge is 0.365 e. The van der Waals surface area contributed by atoms with Crippen molar-refractivity contribution in [1.82, 2.24) is 10.3 Å². The molecular formula is C12H11F3N2OS. The van der Waals surface area contributed by atoms with Crippen molar-refractivity contribution in [2.45, 2.75) is 31.3 Å². The fraction of sp³-hybridized carbons (Fsp3) is 0.500. The Balaban J connectivity index is 1.99. The van der Waals surface area contributed by atoms with Crippen molar-refractivity contribution in [3.8, 4) is 0 Å². The number of fused-ring (bicyclic) bond motifs is 3. The van der Waals surface area contributed by atoms with Crippen LogP contribution in [0.3, 0.4) is 0 Å². The Labute approximate surface area is 113 Å². The SMILES string of the molecule is FC(F)(F)c1ccc2c(n1)CO[C@H]1C(=S)CCN[C@@H]21. The van der Waals surface area contributed by atoms with Gasteiger partial charge in [0, 0.05) is 11.4 Å². The molecular weight excluding hydrogens is 277 g/mol. The third-order valence-corrected chi connectivity index (χ3v) is 3.83. The largest absolute Gasteiger partial charge is 0.433 e. The molecule has 2 aliphatic heterocycles. The highest BCUT2D eigenvalue weighted by molar-refractivity contribution is 7.80. The van der Waals surface area contributed by atoms with Crippen LogP contribution in [-0.4, -0.2) is 22.5 Å². The number of rotatable bonds is 0. The lowest BCUT2D eigenvalue weighted by Gasteiger charge is -2.37. The molecule has 2 aliphatic rings. The molecule has 0 amide bonds. The Morgan fingerprint density at radius 1 is 1.37 bits per heavy atom. The summed E-state index contributed by atoms with van der Waals surface area (Å²) < 4.78 is 43.4. The first-order chi connectivity index (χ1) is 8.97. The monoisotopic (exact) mass is 288 g/mol. The summed E-state index contributed by atoms with van der Waals surface area (Å²) >= 11 is 5.25. The normalized spacial score (nSPS) is 26.8. The maximum atomic E-state index is 12.6. The number of nitrogens with zero attached hydrogens (tertiary/aromatic N) is 1. The average molecular weight is 288 g/mol. The van der Waals surface area contributed by atoms with E-state index in [9.17, 15) is 13.2 Å². The first-order valence-electron chi connectivity index (χ1n) is 5.91. The van der Waals surface area contributed by atoms with Crippen molar-refractivity contribution in [3.63, 3.8) is 0 Å². The highest BCUT2D eigenvalue weighted by Crippen LogP contribution is 2.35. The molecule has 2 atom stereocenters. The molecule has 1 N–H and O–H groups in total. The summed E-state index contributed by atoms with van der Waals surface area (Å²) in [7, 11) is 0. The number of halogens is 3. The Morgan fingerprint density at radius 3 is 2.89 bits per heavy atom. The minimum Gasteiger partial charge on any atom is -0.365 e. The Kier molecular flexibility index (Phi) is 3.07. The molecule has 1 aromatic heterocycles.